The van der Waals surface area contributed by atoms with Gasteiger partial charge in [-0.1, -0.05) is 6.92 Å². The van der Waals surface area contributed by atoms with Gasteiger partial charge in [-0.25, -0.2) is 0 Å². The van der Waals surface area contributed by atoms with Crippen LogP contribution in [0.1, 0.15) is 37.0 Å². The van der Waals surface area contributed by atoms with E-state index < -0.39 is 6.04 Å². The zero-order chi connectivity index (χ0) is 15.7. The van der Waals surface area contributed by atoms with Crippen LogP contribution in [-0.4, -0.2) is 38.1 Å². The minimum atomic E-state index is -0.558. The molecule has 21 heavy (non-hydrogen) atoms. The van der Waals surface area contributed by atoms with Gasteiger partial charge < -0.3 is 14.8 Å². The van der Waals surface area contributed by atoms with E-state index in [0.29, 0.717) is 24.5 Å². The Morgan fingerprint density at radius 1 is 1.19 bits per heavy atom. The van der Waals surface area contributed by atoms with Gasteiger partial charge in [0.05, 0.1) is 26.2 Å². The van der Waals surface area contributed by atoms with Crippen LogP contribution in [0.4, 0.5) is 0 Å². The van der Waals surface area contributed by atoms with Crippen molar-refractivity contribution >= 4 is 11.8 Å². The van der Waals surface area contributed by atoms with E-state index in [1.165, 1.54) is 0 Å². The maximum atomic E-state index is 12.5. The molecule has 116 valence electrons. The number of esters is 1. The fourth-order valence-electron chi connectivity index (χ4n) is 1.92. The predicted molar refractivity (Wildman–Crippen MR) is 80.7 cm³/mol. The van der Waals surface area contributed by atoms with E-state index in [1.807, 2.05) is 6.92 Å². The number of hydrogen-bond acceptors (Lipinski definition) is 5. The van der Waals surface area contributed by atoms with Gasteiger partial charge in [0, 0.05) is 5.56 Å². The molecule has 1 unspecified atom stereocenters. The monoisotopic (exact) mass is 293 g/mol. The molecular weight excluding hydrogens is 270 g/mol. The van der Waals surface area contributed by atoms with E-state index in [1.54, 1.807) is 38.3 Å². The summed E-state index contributed by atoms with van der Waals surface area (Å²) in [4.78, 5) is 24.1. The SMILES string of the molecule is CCCNC(CC(=O)OCC)C(=O)c1ccc(OC)cc1. The highest BCUT2D eigenvalue weighted by atomic mass is 16.5. The van der Waals surface area contributed by atoms with Crippen molar-refractivity contribution in [2.75, 3.05) is 20.3 Å². The number of methoxy groups -OCH3 is 1. The van der Waals surface area contributed by atoms with Crippen molar-refractivity contribution in [1.29, 1.82) is 0 Å². The lowest BCUT2D eigenvalue weighted by atomic mass is 10.0. The average molecular weight is 293 g/mol. The normalized spacial score (nSPS) is 11.8. The molecule has 0 aromatic heterocycles. The predicted octanol–water partition coefficient (Wildman–Crippen LogP) is 2.20. The molecule has 1 aromatic carbocycles. The molecule has 0 aliphatic heterocycles. The summed E-state index contributed by atoms with van der Waals surface area (Å²) < 4.78 is 9.99. The molecule has 0 saturated carbocycles. The second kappa shape index (κ2) is 9.13. The van der Waals surface area contributed by atoms with Crippen LogP contribution in [0, 0.1) is 0 Å². The number of carbonyl (C=O) groups excluding carboxylic acids is 2. The second-order valence-electron chi connectivity index (χ2n) is 4.61. The molecule has 0 aliphatic rings. The third-order valence-electron chi connectivity index (χ3n) is 3.01. The molecule has 1 atom stereocenters. The van der Waals surface area contributed by atoms with Crippen molar-refractivity contribution in [2.24, 2.45) is 0 Å². The molecule has 0 heterocycles. The first-order chi connectivity index (χ1) is 10.1. The van der Waals surface area contributed by atoms with Crippen LogP contribution in [0.15, 0.2) is 24.3 Å². The molecule has 1 aromatic rings. The van der Waals surface area contributed by atoms with Gasteiger partial charge in [0.25, 0.3) is 0 Å². The lowest BCUT2D eigenvalue weighted by Gasteiger charge is -2.16. The lowest BCUT2D eigenvalue weighted by molar-refractivity contribution is -0.143. The summed E-state index contributed by atoms with van der Waals surface area (Å²) in [6, 6.07) is 6.31. The van der Waals surface area contributed by atoms with Gasteiger partial charge in [-0.2, -0.15) is 0 Å². The number of rotatable bonds is 9. The van der Waals surface area contributed by atoms with E-state index in [4.69, 9.17) is 9.47 Å². The highest BCUT2D eigenvalue weighted by Crippen LogP contribution is 2.14. The van der Waals surface area contributed by atoms with Gasteiger partial charge >= 0.3 is 5.97 Å². The largest absolute Gasteiger partial charge is 0.497 e. The van der Waals surface area contributed by atoms with E-state index in [0.717, 1.165) is 6.42 Å². The molecule has 0 saturated heterocycles. The maximum Gasteiger partial charge on any atom is 0.307 e. The number of hydrogen-bond donors (Lipinski definition) is 1. The van der Waals surface area contributed by atoms with Crippen molar-refractivity contribution in [1.82, 2.24) is 5.32 Å². The molecular formula is C16H23NO4. The molecule has 0 amide bonds. The van der Waals surface area contributed by atoms with Crippen LogP contribution in [0.5, 0.6) is 5.75 Å². The van der Waals surface area contributed by atoms with Gasteiger partial charge in [-0.05, 0) is 44.2 Å². The summed E-state index contributed by atoms with van der Waals surface area (Å²) >= 11 is 0. The number of nitrogens with one attached hydrogen (secondary N) is 1. The molecule has 5 heteroatoms. The Morgan fingerprint density at radius 2 is 1.86 bits per heavy atom. The standard InChI is InChI=1S/C16H23NO4/c1-4-10-17-14(11-15(18)21-5-2)16(19)12-6-8-13(20-3)9-7-12/h6-9,14,17H,4-5,10-11H2,1-3H3. The zero-order valence-corrected chi connectivity index (χ0v) is 12.8. The van der Waals surface area contributed by atoms with E-state index in [2.05, 4.69) is 5.32 Å². The van der Waals surface area contributed by atoms with Gasteiger partial charge in [-0.3, -0.25) is 9.59 Å². The van der Waals surface area contributed by atoms with Crippen LogP contribution in [0.2, 0.25) is 0 Å². The van der Waals surface area contributed by atoms with E-state index in [9.17, 15) is 9.59 Å². The van der Waals surface area contributed by atoms with Gasteiger partial charge in [0.15, 0.2) is 5.78 Å². The lowest BCUT2D eigenvalue weighted by Crippen LogP contribution is -2.39. The number of ketones is 1. The first kappa shape index (κ1) is 17.2. The van der Waals surface area contributed by atoms with E-state index in [-0.39, 0.29) is 18.2 Å². The summed E-state index contributed by atoms with van der Waals surface area (Å²) in [7, 11) is 1.57. The summed E-state index contributed by atoms with van der Waals surface area (Å²) in [5.41, 5.74) is 0.550. The molecule has 0 fully saturated rings. The summed E-state index contributed by atoms with van der Waals surface area (Å²) in [6.07, 6.45) is 0.925. The van der Waals surface area contributed by atoms with Crippen molar-refractivity contribution < 1.29 is 19.1 Å². The van der Waals surface area contributed by atoms with Crippen molar-refractivity contribution in [3.63, 3.8) is 0 Å². The zero-order valence-electron chi connectivity index (χ0n) is 12.8. The Morgan fingerprint density at radius 3 is 2.38 bits per heavy atom. The number of Topliss-reactive ketones (excluding diaryl/α,β-unsaturated/α-hetero) is 1. The third-order valence-corrected chi connectivity index (χ3v) is 3.01. The first-order valence-electron chi connectivity index (χ1n) is 7.19. The van der Waals surface area contributed by atoms with Crippen LogP contribution < -0.4 is 10.1 Å². The smallest absolute Gasteiger partial charge is 0.307 e. The first-order valence-corrected chi connectivity index (χ1v) is 7.19. The second-order valence-corrected chi connectivity index (χ2v) is 4.61. The Bertz CT molecular complexity index is 456. The summed E-state index contributed by atoms with van der Waals surface area (Å²) in [5, 5.41) is 3.10. The molecule has 1 rings (SSSR count). The van der Waals surface area contributed by atoms with Crippen molar-refractivity contribution in [3.05, 3.63) is 29.8 Å². The number of ether oxygens (including phenoxy) is 2. The highest BCUT2D eigenvalue weighted by Gasteiger charge is 2.23. The minimum Gasteiger partial charge on any atom is -0.497 e. The Labute approximate surface area is 125 Å². The molecule has 0 radical (unpaired) electrons. The third kappa shape index (κ3) is 5.55. The number of carbonyl (C=O) groups is 2. The Balaban J connectivity index is 2.79. The molecule has 0 aliphatic carbocycles. The molecule has 0 bridgehead atoms. The molecule has 5 nitrogen and oxygen atoms in total. The number of benzene rings is 1. The summed E-state index contributed by atoms with van der Waals surface area (Å²) in [6.45, 7) is 4.74. The quantitative estimate of drug-likeness (QED) is 0.558. The fourth-order valence-corrected chi connectivity index (χ4v) is 1.92. The average Bonchev–Trinajstić information content (AvgIpc) is 2.51. The van der Waals surface area contributed by atoms with Crippen LogP contribution >= 0.6 is 0 Å². The van der Waals surface area contributed by atoms with E-state index >= 15 is 0 Å². The fraction of sp³-hybridized carbons (Fsp3) is 0.500. The van der Waals surface area contributed by atoms with Crippen molar-refractivity contribution in [2.45, 2.75) is 32.7 Å². The van der Waals surface area contributed by atoms with Crippen LogP contribution in [-0.2, 0) is 9.53 Å². The maximum absolute atomic E-state index is 12.5. The van der Waals surface area contributed by atoms with Crippen LogP contribution in [0.3, 0.4) is 0 Å². The molecule has 0 spiro atoms. The highest BCUT2D eigenvalue weighted by molar-refractivity contribution is 6.01. The molecule has 1 N–H and O–H groups in total. The summed E-state index contributed by atoms with van der Waals surface area (Å²) in [5.74, 6) is 0.210. The van der Waals surface area contributed by atoms with Crippen molar-refractivity contribution in [3.8, 4) is 5.75 Å². The Hall–Kier alpha value is -1.88. The van der Waals surface area contributed by atoms with Gasteiger partial charge in [0.2, 0.25) is 0 Å². The topological polar surface area (TPSA) is 64.6 Å². The minimum absolute atomic E-state index is 0.0404. The Kier molecular flexibility index (Phi) is 7.46. The van der Waals surface area contributed by atoms with Crippen LogP contribution in [0.25, 0.3) is 0 Å². The van der Waals surface area contributed by atoms with Gasteiger partial charge in [-0.15, -0.1) is 0 Å². The van der Waals surface area contributed by atoms with Gasteiger partial charge in [0.1, 0.15) is 5.75 Å².